The Hall–Kier alpha value is -0.280. The minimum atomic E-state index is 0.396. The zero-order valence-electron chi connectivity index (χ0n) is 9.58. The van der Waals surface area contributed by atoms with Crippen molar-refractivity contribution < 1.29 is 0 Å². The molecule has 0 spiro atoms. The van der Waals surface area contributed by atoms with Crippen molar-refractivity contribution >= 4 is 33.3 Å². The van der Waals surface area contributed by atoms with Crippen molar-refractivity contribution in [2.45, 2.75) is 25.1 Å². The number of hydrogen-bond acceptors (Lipinski definition) is 2. The van der Waals surface area contributed by atoms with E-state index in [1.54, 1.807) is 0 Å². The van der Waals surface area contributed by atoms with Crippen molar-refractivity contribution in [3.8, 4) is 0 Å². The molecule has 88 valence electrons. The van der Waals surface area contributed by atoms with Gasteiger partial charge in [0.2, 0.25) is 0 Å². The number of nitrogens with zero attached hydrogens (tertiary/aromatic N) is 2. The zero-order chi connectivity index (χ0) is 11.7. The van der Waals surface area contributed by atoms with Crippen LogP contribution in [0.25, 0.3) is 0 Å². The molecule has 4 heteroatoms. The van der Waals surface area contributed by atoms with Crippen molar-refractivity contribution in [1.82, 2.24) is 4.98 Å². The number of halogens is 2. The SMILES string of the molecule is Cc1cnc(N(C)CC2CC(Cl)C2)c(Br)c1. The summed E-state index contributed by atoms with van der Waals surface area (Å²) in [6.45, 7) is 3.09. The van der Waals surface area contributed by atoms with Crippen LogP contribution in [0.2, 0.25) is 0 Å². The summed E-state index contributed by atoms with van der Waals surface area (Å²) in [5, 5.41) is 0.396. The predicted octanol–water partition coefficient (Wildman–Crippen LogP) is 3.61. The summed E-state index contributed by atoms with van der Waals surface area (Å²) in [7, 11) is 2.09. The van der Waals surface area contributed by atoms with Gasteiger partial charge in [-0.3, -0.25) is 0 Å². The molecule has 0 N–H and O–H groups in total. The van der Waals surface area contributed by atoms with E-state index >= 15 is 0 Å². The molecule has 0 amide bonds. The van der Waals surface area contributed by atoms with E-state index in [0.717, 1.165) is 35.6 Å². The van der Waals surface area contributed by atoms with Gasteiger partial charge in [-0.1, -0.05) is 0 Å². The number of rotatable bonds is 3. The lowest BCUT2D eigenvalue weighted by Crippen LogP contribution is -2.35. The molecule has 1 aromatic heterocycles. The first kappa shape index (κ1) is 12.2. The fourth-order valence-electron chi connectivity index (χ4n) is 2.08. The Bertz CT molecular complexity index is 377. The van der Waals surface area contributed by atoms with Gasteiger partial charge >= 0.3 is 0 Å². The van der Waals surface area contributed by atoms with E-state index in [9.17, 15) is 0 Å². The van der Waals surface area contributed by atoms with Gasteiger partial charge in [-0.15, -0.1) is 11.6 Å². The fraction of sp³-hybridized carbons (Fsp3) is 0.583. The molecule has 1 heterocycles. The maximum Gasteiger partial charge on any atom is 0.142 e. The molecule has 0 bridgehead atoms. The summed E-state index contributed by atoms with van der Waals surface area (Å²) < 4.78 is 1.07. The Morgan fingerprint density at radius 3 is 2.81 bits per heavy atom. The second-order valence-electron chi connectivity index (χ2n) is 4.63. The van der Waals surface area contributed by atoms with E-state index < -0.39 is 0 Å². The lowest BCUT2D eigenvalue weighted by molar-refractivity contribution is 0.328. The number of pyridine rings is 1. The predicted molar refractivity (Wildman–Crippen MR) is 72.3 cm³/mol. The van der Waals surface area contributed by atoms with Gasteiger partial charge in [-0.25, -0.2) is 4.98 Å². The van der Waals surface area contributed by atoms with Crippen LogP contribution in [0.15, 0.2) is 16.7 Å². The van der Waals surface area contributed by atoms with Gasteiger partial charge < -0.3 is 4.90 Å². The number of aromatic nitrogens is 1. The molecule has 1 fully saturated rings. The van der Waals surface area contributed by atoms with Gasteiger partial charge in [0.1, 0.15) is 5.82 Å². The summed E-state index contributed by atoms with van der Waals surface area (Å²) in [5.74, 6) is 1.74. The van der Waals surface area contributed by atoms with Gasteiger partial charge in [0, 0.05) is 25.2 Å². The van der Waals surface area contributed by atoms with Crippen LogP contribution in [0.3, 0.4) is 0 Å². The van der Waals surface area contributed by atoms with Crippen LogP contribution >= 0.6 is 27.5 Å². The highest BCUT2D eigenvalue weighted by Gasteiger charge is 2.28. The molecule has 2 nitrogen and oxygen atoms in total. The van der Waals surface area contributed by atoms with Gasteiger partial charge in [-0.2, -0.15) is 0 Å². The Morgan fingerprint density at radius 1 is 1.56 bits per heavy atom. The summed E-state index contributed by atoms with van der Waals surface area (Å²) in [4.78, 5) is 6.66. The summed E-state index contributed by atoms with van der Waals surface area (Å²) in [6.07, 6.45) is 4.17. The number of aryl methyl sites for hydroxylation is 1. The van der Waals surface area contributed by atoms with Crippen molar-refractivity contribution in [3.63, 3.8) is 0 Å². The molecule has 0 atom stereocenters. The van der Waals surface area contributed by atoms with Gasteiger partial charge in [0.05, 0.1) is 4.47 Å². The second-order valence-corrected chi connectivity index (χ2v) is 6.10. The molecular formula is C12H16BrClN2. The second kappa shape index (κ2) is 4.92. The van der Waals surface area contributed by atoms with E-state index in [2.05, 4.69) is 38.9 Å². The average molecular weight is 304 g/mol. The largest absolute Gasteiger partial charge is 0.358 e. The first-order valence-corrected chi connectivity index (χ1v) is 6.76. The standard InChI is InChI=1S/C12H16BrClN2/c1-8-3-11(13)12(15-6-8)16(2)7-9-4-10(14)5-9/h3,6,9-10H,4-5,7H2,1-2H3. The van der Waals surface area contributed by atoms with Gasteiger partial charge in [0.15, 0.2) is 0 Å². The highest BCUT2D eigenvalue weighted by Crippen LogP contribution is 2.34. The van der Waals surface area contributed by atoms with E-state index in [1.165, 1.54) is 5.56 Å². The normalized spacial score (nSPS) is 24.0. The van der Waals surface area contributed by atoms with Crippen molar-refractivity contribution in [2.75, 3.05) is 18.5 Å². The molecule has 2 rings (SSSR count). The van der Waals surface area contributed by atoms with Crippen LogP contribution in [0, 0.1) is 12.8 Å². The lowest BCUT2D eigenvalue weighted by Gasteiger charge is -2.34. The monoisotopic (exact) mass is 302 g/mol. The lowest BCUT2D eigenvalue weighted by atomic mass is 9.84. The Morgan fingerprint density at radius 2 is 2.25 bits per heavy atom. The third-order valence-electron chi connectivity index (χ3n) is 3.03. The van der Waals surface area contributed by atoms with Crippen LogP contribution < -0.4 is 4.90 Å². The maximum atomic E-state index is 5.98. The van der Waals surface area contributed by atoms with Crippen LogP contribution in [-0.2, 0) is 0 Å². The van der Waals surface area contributed by atoms with E-state index in [1.807, 2.05) is 13.1 Å². The smallest absolute Gasteiger partial charge is 0.142 e. The number of anilines is 1. The maximum absolute atomic E-state index is 5.98. The average Bonchev–Trinajstić information content (AvgIpc) is 2.15. The molecule has 0 aliphatic heterocycles. The first-order valence-electron chi connectivity index (χ1n) is 5.53. The molecule has 0 radical (unpaired) electrons. The molecule has 0 aromatic carbocycles. The molecule has 1 aromatic rings. The van der Waals surface area contributed by atoms with E-state index in [-0.39, 0.29) is 0 Å². The van der Waals surface area contributed by atoms with Gasteiger partial charge in [0.25, 0.3) is 0 Å². The van der Waals surface area contributed by atoms with Gasteiger partial charge in [-0.05, 0) is 53.2 Å². The molecular weight excluding hydrogens is 288 g/mol. The Balaban J connectivity index is 2.00. The van der Waals surface area contributed by atoms with Crippen LogP contribution in [0.1, 0.15) is 18.4 Å². The Kier molecular flexibility index (Phi) is 3.75. The van der Waals surface area contributed by atoms with Crippen LogP contribution in [0.4, 0.5) is 5.82 Å². The van der Waals surface area contributed by atoms with Crippen LogP contribution in [-0.4, -0.2) is 24.0 Å². The third kappa shape index (κ3) is 2.69. The summed E-state index contributed by atoms with van der Waals surface area (Å²) in [6, 6.07) is 2.10. The minimum Gasteiger partial charge on any atom is -0.358 e. The van der Waals surface area contributed by atoms with Crippen molar-refractivity contribution in [3.05, 3.63) is 22.3 Å². The minimum absolute atomic E-state index is 0.396. The van der Waals surface area contributed by atoms with Crippen molar-refractivity contribution in [2.24, 2.45) is 5.92 Å². The first-order chi connectivity index (χ1) is 7.56. The zero-order valence-corrected chi connectivity index (χ0v) is 11.9. The molecule has 16 heavy (non-hydrogen) atoms. The highest BCUT2D eigenvalue weighted by molar-refractivity contribution is 9.10. The number of alkyl halides is 1. The Labute approximate surface area is 110 Å². The topological polar surface area (TPSA) is 16.1 Å². The molecule has 1 aliphatic rings. The molecule has 1 saturated carbocycles. The van der Waals surface area contributed by atoms with E-state index in [4.69, 9.17) is 11.6 Å². The fourth-order valence-corrected chi connectivity index (χ4v) is 3.35. The molecule has 0 saturated heterocycles. The van der Waals surface area contributed by atoms with E-state index in [0.29, 0.717) is 5.38 Å². The van der Waals surface area contributed by atoms with Crippen LogP contribution in [0.5, 0.6) is 0 Å². The summed E-state index contributed by atoms with van der Waals surface area (Å²) in [5.41, 5.74) is 1.17. The number of hydrogen-bond donors (Lipinski definition) is 0. The summed E-state index contributed by atoms with van der Waals surface area (Å²) >= 11 is 9.54. The van der Waals surface area contributed by atoms with Crippen molar-refractivity contribution in [1.29, 1.82) is 0 Å². The quantitative estimate of drug-likeness (QED) is 0.793. The molecule has 0 unspecified atom stereocenters. The third-order valence-corrected chi connectivity index (χ3v) is 3.97. The highest BCUT2D eigenvalue weighted by atomic mass is 79.9. The molecule has 1 aliphatic carbocycles.